The van der Waals surface area contributed by atoms with Crippen LogP contribution < -0.4 is 4.74 Å². The Morgan fingerprint density at radius 3 is 2.47 bits per heavy atom. The van der Waals surface area contributed by atoms with Gasteiger partial charge in [-0.3, -0.25) is 9.59 Å². The van der Waals surface area contributed by atoms with E-state index in [1.807, 2.05) is 24.3 Å². The van der Waals surface area contributed by atoms with Crippen LogP contribution in [0, 0.1) is 5.92 Å². The Hall–Kier alpha value is -3.44. The molecule has 5 nitrogen and oxygen atoms in total. The van der Waals surface area contributed by atoms with Crippen molar-refractivity contribution >= 4 is 28.4 Å². The van der Waals surface area contributed by atoms with Gasteiger partial charge in [0.15, 0.2) is 17.3 Å². The predicted octanol–water partition coefficient (Wildman–Crippen LogP) is 7.05. The second-order valence-corrected chi connectivity index (χ2v) is 10.0. The lowest BCUT2D eigenvalue weighted by molar-refractivity contribution is -0.124. The molecule has 3 rings (SSSR count). The second-order valence-electron chi connectivity index (χ2n) is 10.0. The third-order valence-corrected chi connectivity index (χ3v) is 6.97. The Bertz CT molecular complexity index is 1240. The average Bonchev–Trinajstić information content (AvgIpc) is 2.91. The molecule has 5 heteroatoms. The number of aliphatic hydroxyl groups is 1. The predicted molar refractivity (Wildman–Crippen MR) is 154 cm³/mol. The van der Waals surface area contributed by atoms with E-state index in [1.54, 1.807) is 12.1 Å². The van der Waals surface area contributed by atoms with Crippen LogP contribution in [0.3, 0.4) is 0 Å². The normalized spacial score (nSPS) is 12.2. The third-order valence-electron chi connectivity index (χ3n) is 6.97. The summed E-state index contributed by atoms with van der Waals surface area (Å²) in [6.45, 7) is 2.36. The number of rotatable bonds is 16. The molecule has 0 heterocycles. The lowest BCUT2D eigenvalue weighted by atomic mass is 9.91. The van der Waals surface area contributed by atoms with Gasteiger partial charge in [-0.05, 0) is 65.3 Å². The highest BCUT2D eigenvalue weighted by Crippen LogP contribution is 2.34. The van der Waals surface area contributed by atoms with Crippen LogP contribution in [0.15, 0.2) is 60.7 Å². The van der Waals surface area contributed by atoms with Crippen LogP contribution in [0.25, 0.3) is 16.8 Å². The zero-order valence-corrected chi connectivity index (χ0v) is 22.6. The van der Waals surface area contributed by atoms with Gasteiger partial charge in [-0.25, -0.2) is 0 Å². The van der Waals surface area contributed by atoms with Crippen LogP contribution in [0.1, 0.15) is 75.0 Å². The first-order chi connectivity index (χ1) is 18.4. The lowest BCUT2D eigenvalue weighted by Gasteiger charge is -2.14. The fourth-order valence-electron chi connectivity index (χ4n) is 4.98. The Morgan fingerprint density at radius 1 is 0.974 bits per heavy atom. The largest absolute Gasteiger partial charge is 0.504 e. The number of aromatic hydroxyl groups is 1. The summed E-state index contributed by atoms with van der Waals surface area (Å²) >= 11 is 0. The van der Waals surface area contributed by atoms with Crippen molar-refractivity contribution in [1.29, 1.82) is 0 Å². The number of methoxy groups -OCH3 is 1. The molecule has 1 atom stereocenters. The maximum Gasteiger partial charge on any atom is 0.163 e. The number of allylic oxidation sites excluding steroid dienone is 1. The van der Waals surface area contributed by atoms with Gasteiger partial charge in [0.1, 0.15) is 5.78 Å². The number of ether oxygens (including phenoxy) is 1. The fourth-order valence-corrected chi connectivity index (χ4v) is 4.98. The smallest absolute Gasteiger partial charge is 0.163 e. The fraction of sp³-hybridized carbons (Fsp3) is 0.394. The van der Waals surface area contributed by atoms with Crippen molar-refractivity contribution in [3.8, 4) is 11.5 Å². The van der Waals surface area contributed by atoms with Crippen LogP contribution in [-0.2, 0) is 16.0 Å². The van der Waals surface area contributed by atoms with Gasteiger partial charge in [0, 0.05) is 25.0 Å². The highest BCUT2D eigenvalue weighted by Gasteiger charge is 2.13. The minimum atomic E-state index is -0.233. The van der Waals surface area contributed by atoms with Crippen molar-refractivity contribution in [3.63, 3.8) is 0 Å². The number of fused-ring (bicyclic) bond motifs is 1. The Morgan fingerprint density at radius 2 is 1.74 bits per heavy atom. The molecule has 0 amide bonds. The SMILES string of the molecule is CCC[C@H](CCCO)CCCC(=O)CC(=O)C=Cc1cc(Cc2ccc3ccccc3c2)c(O)c(OC)c1. The summed E-state index contributed by atoms with van der Waals surface area (Å²) in [7, 11) is 1.50. The first-order valence-electron chi connectivity index (χ1n) is 13.6. The number of hydrogen-bond acceptors (Lipinski definition) is 5. The van der Waals surface area contributed by atoms with E-state index in [-0.39, 0.29) is 30.3 Å². The molecule has 0 aromatic heterocycles. The van der Waals surface area contributed by atoms with Crippen molar-refractivity contribution in [2.45, 2.75) is 64.7 Å². The number of carbonyl (C=O) groups excluding carboxylic acids is 2. The lowest BCUT2D eigenvalue weighted by Crippen LogP contribution is -2.07. The third kappa shape index (κ3) is 8.84. The van der Waals surface area contributed by atoms with Crippen molar-refractivity contribution < 1.29 is 24.5 Å². The van der Waals surface area contributed by atoms with Gasteiger partial charge in [-0.1, -0.05) is 74.7 Å². The van der Waals surface area contributed by atoms with Crippen LogP contribution in [-0.4, -0.2) is 35.5 Å². The molecule has 0 radical (unpaired) electrons. The Balaban J connectivity index is 1.60. The van der Waals surface area contributed by atoms with Crippen molar-refractivity contribution in [2.75, 3.05) is 13.7 Å². The highest BCUT2D eigenvalue weighted by molar-refractivity contribution is 6.06. The van der Waals surface area contributed by atoms with Gasteiger partial charge in [0.2, 0.25) is 0 Å². The molecule has 0 saturated heterocycles. The molecule has 3 aromatic rings. The number of ketones is 2. The Kier molecular flexibility index (Phi) is 11.6. The van der Waals surface area contributed by atoms with Gasteiger partial charge < -0.3 is 14.9 Å². The number of hydrogen-bond donors (Lipinski definition) is 2. The monoisotopic (exact) mass is 516 g/mol. The molecule has 0 bridgehead atoms. The topological polar surface area (TPSA) is 83.8 Å². The molecule has 0 aliphatic carbocycles. The summed E-state index contributed by atoms with van der Waals surface area (Å²) < 4.78 is 5.37. The van der Waals surface area contributed by atoms with Crippen molar-refractivity contribution in [2.24, 2.45) is 5.92 Å². The number of benzene rings is 3. The van der Waals surface area contributed by atoms with Gasteiger partial charge in [-0.15, -0.1) is 0 Å². The number of aliphatic hydroxyl groups excluding tert-OH is 1. The maximum absolute atomic E-state index is 12.5. The summed E-state index contributed by atoms with van der Waals surface area (Å²) in [4.78, 5) is 24.8. The minimum absolute atomic E-state index is 0.0441. The molecule has 0 unspecified atom stereocenters. The molecule has 202 valence electrons. The average molecular weight is 517 g/mol. The van der Waals surface area contributed by atoms with Crippen molar-refractivity contribution in [3.05, 3.63) is 77.4 Å². The Labute approximate surface area is 226 Å². The molecule has 0 aliphatic heterocycles. The number of Topliss-reactive ketones (excluding diaryl/α,β-unsaturated/α-hetero) is 1. The number of phenolic OH excluding ortho intramolecular Hbond substituents is 1. The summed E-state index contributed by atoms with van der Waals surface area (Å²) in [6, 6.07) is 17.9. The first kappa shape index (κ1) is 29.1. The molecule has 0 aliphatic rings. The molecule has 0 saturated carbocycles. The van der Waals surface area contributed by atoms with E-state index in [1.165, 1.54) is 13.2 Å². The van der Waals surface area contributed by atoms with E-state index in [2.05, 4.69) is 31.2 Å². The minimum Gasteiger partial charge on any atom is -0.504 e. The van der Waals surface area contributed by atoms with Gasteiger partial charge in [0.05, 0.1) is 13.5 Å². The summed E-state index contributed by atoms with van der Waals surface area (Å²) in [6.07, 6.45) is 9.64. The van der Waals surface area contributed by atoms with Gasteiger partial charge in [0.25, 0.3) is 0 Å². The number of phenols is 1. The van der Waals surface area contributed by atoms with E-state index in [0.29, 0.717) is 30.1 Å². The number of carbonyl (C=O) groups is 2. The van der Waals surface area contributed by atoms with E-state index in [9.17, 15) is 14.7 Å². The van der Waals surface area contributed by atoms with E-state index in [0.717, 1.165) is 60.4 Å². The molecule has 0 fully saturated rings. The standard InChI is InChI=1S/C33H40O5/c1-3-8-24(10-7-18-34)9-6-13-30(35)23-31(36)17-15-26-21-29(33(37)32(22-26)38-2)20-25-14-16-27-11-4-5-12-28(27)19-25/h4-5,11-12,14-17,19,21-22,24,34,37H,3,6-10,13,18,20,23H2,1-2H3/t24-/m0/s1. The zero-order valence-electron chi connectivity index (χ0n) is 22.6. The first-order valence-corrected chi connectivity index (χ1v) is 13.6. The van der Waals surface area contributed by atoms with E-state index in [4.69, 9.17) is 9.84 Å². The summed E-state index contributed by atoms with van der Waals surface area (Å²) in [5, 5.41) is 22.1. The molecule has 38 heavy (non-hydrogen) atoms. The van der Waals surface area contributed by atoms with E-state index >= 15 is 0 Å². The van der Waals surface area contributed by atoms with Crippen LogP contribution in [0.4, 0.5) is 0 Å². The maximum atomic E-state index is 12.5. The molecule has 0 spiro atoms. The molecule has 3 aromatic carbocycles. The van der Waals surface area contributed by atoms with Crippen LogP contribution in [0.2, 0.25) is 0 Å². The summed E-state index contributed by atoms with van der Waals surface area (Å²) in [5.41, 5.74) is 2.48. The van der Waals surface area contributed by atoms with Crippen LogP contribution >= 0.6 is 0 Å². The molecule has 2 N–H and O–H groups in total. The van der Waals surface area contributed by atoms with E-state index < -0.39 is 0 Å². The van der Waals surface area contributed by atoms with Gasteiger partial charge >= 0.3 is 0 Å². The highest BCUT2D eigenvalue weighted by atomic mass is 16.5. The zero-order chi connectivity index (χ0) is 27.3. The quantitative estimate of drug-likeness (QED) is 0.157. The van der Waals surface area contributed by atoms with Crippen molar-refractivity contribution in [1.82, 2.24) is 0 Å². The second kappa shape index (κ2) is 15.1. The molecular weight excluding hydrogens is 476 g/mol. The molecular formula is C33H40O5. The van der Waals surface area contributed by atoms with Crippen LogP contribution in [0.5, 0.6) is 11.5 Å². The summed E-state index contributed by atoms with van der Waals surface area (Å²) in [5.74, 6) is 0.679. The van der Waals surface area contributed by atoms with Gasteiger partial charge in [-0.2, -0.15) is 0 Å².